The number of nitrogens with two attached hydrogens (primary N) is 1. The number of para-hydroxylation sites is 1. The maximum absolute atomic E-state index is 11.8. The Labute approximate surface area is 201 Å². The van der Waals surface area contributed by atoms with E-state index in [1.807, 2.05) is 68.3 Å². The van der Waals surface area contributed by atoms with E-state index >= 15 is 0 Å². The standard InChI is InChI=1S/C16H26N4O.C6H7N.C3H6.C2H6/c1-13-4-5-15(20(12-13)14(2)21)6-7-16(17-3)19-10-8-18-9-11-19;7-6-4-2-1-3-5-6;1-2-3-1;1-2/h5-7,13,18H,4,8-12H2,1-3H3;1-5H,7H2;1-3H2;1-2H3/b7-6-,17-16?;;;/t13-;;;/m1.../s1. The maximum atomic E-state index is 11.8. The molecule has 6 nitrogen and oxygen atoms in total. The number of benzene rings is 1. The number of hydrogen-bond acceptors (Lipinski definition) is 4. The molecule has 1 amide bonds. The van der Waals surface area contributed by atoms with Crippen LogP contribution in [0, 0.1) is 5.92 Å². The highest BCUT2D eigenvalue weighted by Gasteiger charge is 2.20. The summed E-state index contributed by atoms with van der Waals surface area (Å²) in [5.41, 5.74) is 7.18. The molecule has 1 aromatic rings. The van der Waals surface area contributed by atoms with E-state index < -0.39 is 0 Å². The van der Waals surface area contributed by atoms with E-state index in [2.05, 4.69) is 28.2 Å². The molecule has 0 aromatic heterocycles. The number of amides is 1. The van der Waals surface area contributed by atoms with Crippen LogP contribution in [0.15, 0.2) is 59.2 Å². The minimum absolute atomic E-state index is 0.106. The van der Waals surface area contributed by atoms with E-state index in [1.165, 1.54) is 19.3 Å². The van der Waals surface area contributed by atoms with Crippen LogP contribution in [0.4, 0.5) is 5.69 Å². The number of nitrogen functional groups attached to an aromatic ring is 1. The summed E-state index contributed by atoms with van der Waals surface area (Å²) < 4.78 is 0. The average Bonchev–Trinajstić information content (AvgIpc) is 3.73. The second-order valence-electron chi connectivity index (χ2n) is 8.22. The van der Waals surface area contributed by atoms with Gasteiger partial charge in [0.05, 0.1) is 0 Å². The lowest BCUT2D eigenvalue weighted by Crippen LogP contribution is -2.46. The molecule has 33 heavy (non-hydrogen) atoms. The molecule has 0 unspecified atom stereocenters. The van der Waals surface area contributed by atoms with Crippen LogP contribution >= 0.6 is 0 Å². The molecular weight excluding hydrogens is 410 g/mol. The van der Waals surface area contributed by atoms with Crippen molar-refractivity contribution in [3.05, 3.63) is 54.3 Å². The van der Waals surface area contributed by atoms with Crippen LogP contribution < -0.4 is 11.1 Å². The van der Waals surface area contributed by atoms with Gasteiger partial charge in [-0.15, -0.1) is 0 Å². The van der Waals surface area contributed by atoms with E-state index in [-0.39, 0.29) is 5.91 Å². The molecule has 4 rings (SSSR count). The van der Waals surface area contributed by atoms with Gasteiger partial charge >= 0.3 is 0 Å². The third-order valence-corrected chi connectivity index (χ3v) is 5.14. The quantitative estimate of drug-likeness (QED) is 0.385. The van der Waals surface area contributed by atoms with Crippen LogP contribution in [0.1, 0.15) is 53.4 Å². The molecule has 3 aliphatic rings. The number of allylic oxidation sites excluding steroid dienone is 2. The molecule has 6 heteroatoms. The normalized spacial score (nSPS) is 19.7. The van der Waals surface area contributed by atoms with Gasteiger partial charge in [0, 0.05) is 58.1 Å². The van der Waals surface area contributed by atoms with Crippen molar-refractivity contribution in [3.8, 4) is 0 Å². The van der Waals surface area contributed by atoms with E-state index in [1.54, 1.807) is 6.92 Å². The smallest absolute Gasteiger partial charge is 0.223 e. The number of rotatable bonds is 2. The van der Waals surface area contributed by atoms with Crippen LogP contribution in [0.5, 0.6) is 0 Å². The van der Waals surface area contributed by atoms with Crippen molar-refractivity contribution in [1.29, 1.82) is 0 Å². The number of piperazine rings is 1. The fraction of sp³-hybridized carbons (Fsp3) is 0.556. The third-order valence-electron chi connectivity index (χ3n) is 5.14. The van der Waals surface area contributed by atoms with Crippen LogP contribution in [0.3, 0.4) is 0 Å². The molecule has 1 aromatic carbocycles. The fourth-order valence-electron chi connectivity index (χ4n) is 3.22. The lowest BCUT2D eigenvalue weighted by Gasteiger charge is -2.31. The van der Waals surface area contributed by atoms with Gasteiger partial charge in [-0.1, -0.05) is 64.3 Å². The van der Waals surface area contributed by atoms with E-state index in [0.29, 0.717) is 5.92 Å². The molecule has 1 saturated carbocycles. The zero-order valence-electron chi connectivity index (χ0n) is 21.4. The largest absolute Gasteiger partial charge is 0.399 e. The Morgan fingerprint density at radius 1 is 1.12 bits per heavy atom. The monoisotopic (exact) mass is 455 g/mol. The van der Waals surface area contributed by atoms with Gasteiger partial charge in [0.1, 0.15) is 5.84 Å². The highest BCUT2D eigenvalue weighted by Crippen LogP contribution is 2.20. The molecule has 2 aliphatic heterocycles. The van der Waals surface area contributed by atoms with Gasteiger partial charge in [-0.05, 0) is 36.6 Å². The van der Waals surface area contributed by atoms with E-state index in [4.69, 9.17) is 5.73 Å². The van der Waals surface area contributed by atoms with Crippen molar-refractivity contribution in [2.75, 3.05) is 45.5 Å². The predicted molar refractivity (Wildman–Crippen MR) is 142 cm³/mol. The van der Waals surface area contributed by atoms with Crippen LogP contribution in [-0.2, 0) is 4.79 Å². The number of nitrogens with one attached hydrogen (secondary N) is 1. The summed E-state index contributed by atoms with van der Waals surface area (Å²) in [6.45, 7) is 12.5. The molecule has 0 radical (unpaired) electrons. The first kappa shape index (κ1) is 28.4. The topological polar surface area (TPSA) is 74.0 Å². The summed E-state index contributed by atoms with van der Waals surface area (Å²) in [6, 6.07) is 9.49. The number of aliphatic imine (C=N–C) groups is 1. The van der Waals surface area contributed by atoms with Gasteiger partial charge in [0.15, 0.2) is 0 Å². The maximum Gasteiger partial charge on any atom is 0.223 e. The lowest BCUT2D eigenvalue weighted by molar-refractivity contribution is -0.127. The van der Waals surface area contributed by atoms with Crippen molar-refractivity contribution >= 4 is 17.4 Å². The second kappa shape index (κ2) is 17.0. The van der Waals surface area contributed by atoms with Crippen molar-refractivity contribution in [1.82, 2.24) is 15.1 Å². The SMILES string of the molecule is C1CC1.CC.CN=C(/C=C\C1=CC[C@@H](C)CN1C(C)=O)N1CCNCC1.Nc1ccccc1. The van der Waals surface area contributed by atoms with Crippen LogP contribution in [-0.4, -0.2) is 61.3 Å². The van der Waals surface area contributed by atoms with Crippen molar-refractivity contribution < 1.29 is 4.79 Å². The Bertz CT molecular complexity index is 746. The number of anilines is 1. The average molecular weight is 456 g/mol. The first-order chi connectivity index (χ1) is 16.0. The molecule has 3 N–H and O–H groups in total. The van der Waals surface area contributed by atoms with Crippen molar-refractivity contribution in [3.63, 3.8) is 0 Å². The minimum atomic E-state index is 0.106. The van der Waals surface area contributed by atoms with Crippen LogP contribution in [0.2, 0.25) is 0 Å². The molecule has 1 aliphatic carbocycles. The van der Waals surface area contributed by atoms with Gasteiger partial charge in [-0.25, -0.2) is 0 Å². The number of hydrogen-bond donors (Lipinski definition) is 2. The highest BCUT2D eigenvalue weighted by atomic mass is 16.2. The zero-order chi connectivity index (χ0) is 24.5. The molecule has 1 atom stereocenters. The second-order valence-corrected chi connectivity index (χ2v) is 8.22. The fourth-order valence-corrected chi connectivity index (χ4v) is 3.22. The van der Waals surface area contributed by atoms with Crippen LogP contribution in [0.25, 0.3) is 0 Å². The lowest BCUT2D eigenvalue weighted by atomic mass is 10.0. The predicted octanol–water partition coefficient (Wildman–Crippen LogP) is 4.71. The Morgan fingerprint density at radius 2 is 1.73 bits per heavy atom. The Morgan fingerprint density at radius 3 is 2.18 bits per heavy atom. The summed E-state index contributed by atoms with van der Waals surface area (Å²) in [5, 5.41) is 3.34. The number of carbonyl (C=O) groups is 1. The third kappa shape index (κ3) is 12.3. The highest BCUT2D eigenvalue weighted by molar-refractivity contribution is 5.93. The number of amidine groups is 1. The Balaban J connectivity index is 0.000000369. The summed E-state index contributed by atoms with van der Waals surface area (Å²) >= 11 is 0. The number of nitrogens with zero attached hydrogens (tertiary/aromatic N) is 3. The molecule has 184 valence electrons. The molecule has 0 spiro atoms. The van der Waals surface area contributed by atoms with E-state index in [9.17, 15) is 4.79 Å². The van der Waals surface area contributed by atoms with Gasteiger partial charge in [-0.2, -0.15) is 0 Å². The van der Waals surface area contributed by atoms with Gasteiger partial charge in [0.25, 0.3) is 0 Å². The molecular formula is C27H45N5O. The molecule has 1 saturated heterocycles. The Hall–Kier alpha value is -2.60. The van der Waals surface area contributed by atoms with E-state index in [0.717, 1.165) is 56.4 Å². The first-order valence-corrected chi connectivity index (χ1v) is 12.4. The molecule has 2 fully saturated rings. The summed E-state index contributed by atoms with van der Waals surface area (Å²) in [6.07, 6.45) is 11.7. The zero-order valence-corrected chi connectivity index (χ0v) is 21.4. The van der Waals surface area contributed by atoms with Crippen molar-refractivity contribution in [2.24, 2.45) is 10.9 Å². The molecule has 2 heterocycles. The van der Waals surface area contributed by atoms with Gasteiger partial charge in [-0.3, -0.25) is 9.79 Å². The summed E-state index contributed by atoms with van der Waals surface area (Å²) in [7, 11) is 1.82. The molecule has 0 bridgehead atoms. The van der Waals surface area contributed by atoms with Gasteiger partial charge in [0.2, 0.25) is 5.91 Å². The first-order valence-electron chi connectivity index (χ1n) is 12.4. The Kier molecular flexibility index (Phi) is 14.6. The summed E-state index contributed by atoms with van der Waals surface area (Å²) in [4.78, 5) is 20.3. The van der Waals surface area contributed by atoms with Gasteiger partial charge < -0.3 is 20.9 Å². The summed E-state index contributed by atoms with van der Waals surface area (Å²) in [5.74, 6) is 1.62. The number of carbonyl (C=O) groups excluding carboxylic acids is 1. The minimum Gasteiger partial charge on any atom is -0.399 e. The van der Waals surface area contributed by atoms with Crippen molar-refractivity contribution in [2.45, 2.75) is 53.4 Å².